The van der Waals surface area contributed by atoms with Gasteiger partial charge in [0.25, 0.3) is 0 Å². The molecule has 1 atom stereocenters. The highest BCUT2D eigenvalue weighted by Gasteiger charge is 2.23. The van der Waals surface area contributed by atoms with Crippen molar-refractivity contribution in [2.75, 3.05) is 19.6 Å². The molecule has 7 nitrogen and oxygen atoms in total. The summed E-state index contributed by atoms with van der Waals surface area (Å²) < 4.78 is 5.23. The zero-order valence-corrected chi connectivity index (χ0v) is 14.2. The van der Waals surface area contributed by atoms with E-state index in [9.17, 15) is 4.79 Å². The molecule has 0 radical (unpaired) electrons. The number of rotatable bonds is 4. The number of nitrogens with zero attached hydrogens (tertiary/aromatic N) is 4. The number of hydrogen-bond donors (Lipinski definition) is 1. The highest BCUT2D eigenvalue weighted by Crippen LogP contribution is 2.26. The van der Waals surface area contributed by atoms with Crippen molar-refractivity contribution in [1.29, 1.82) is 0 Å². The second-order valence-electron chi connectivity index (χ2n) is 6.35. The topological polar surface area (TPSA) is 98.1 Å². The normalized spacial score (nSPS) is 18.0. The number of amides is 1. The molecule has 24 heavy (non-hydrogen) atoms. The fourth-order valence-electron chi connectivity index (χ4n) is 3.38. The van der Waals surface area contributed by atoms with Crippen LogP contribution >= 0.6 is 0 Å². The van der Waals surface area contributed by atoms with E-state index in [0.29, 0.717) is 5.92 Å². The van der Waals surface area contributed by atoms with Crippen LogP contribution in [-0.2, 0) is 11.2 Å². The molecule has 1 amide bonds. The third-order valence-electron chi connectivity index (χ3n) is 4.56. The van der Waals surface area contributed by atoms with E-state index >= 15 is 0 Å². The molecule has 0 aliphatic carbocycles. The number of likely N-dealkylation sites (tertiary alicyclic amines) is 1. The minimum Gasteiger partial charge on any atom is -0.361 e. The largest absolute Gasteiger partial charge is 0.361 e. The molecule has 2 aromatic heterocycles. The summed E-state index contributed by atoms with van der Waals surface area (Å²) in [6, 6.07) is 2.00. The third kappa shape index (κ3) is 3.46. The van der Waals surface area contributed by atoms with E-state index in [4.69, 9.17) is 10.3 Å². The van der Waals surface area contributed by atoms with Gasteiger partial charge in [0.1, 0.15) is 12.1 Å². The Labute approximate surface area is 141 Å². The average molecular weight is 329 g/mol. The number of carbonyl (C=O) groups is 1. The highest BCUT2D eigenvalue weighted by atomic mass is 16.5. The maximum absolute atomic E-state index is 11.8. The SMILES string of the molecule is Cc1noc(C)c1-c1cc(C[C@H]2CCCN(C(=O)CN)C2)ncn1. The van der Waals surface area contributed by atoms with Crippen molar-refractivity contribution in [1.82, 2.24) is 20.0 Å². The van der Waals surface area contributed by atoms with Crippen LogP contribution in [0.1, 0.15) is 30.0 Å². The number of hydrogen-bond acceptors (Lipinski definition) is 6. The maximum atomic E-state index is 11.8. The molecule has 2 N–H and O–H groups in total. The molecular formula is C17H23N5O2. The van der Waals surface area contributed by atoms with Gasteiger partial charge in [-0.1, -0.05) is 5.16 Å². The quantitative estimate of drug-likeness (QED) is 0.912. The maximum Gasteiger partial charge on any atom is 0.236 e. The summed E-state index contributed by atoms with van der Waals surface area (Å²) in [6.45, 7) is 5.43. The Morgan fingerprint density at radius 2 is 2.25 bits per heavy atom. The lowest BCUT2D eigenvalue weighted by atomic mass is 9.92. The summed E-state index contributed by atoms with van der Waals surface area (Å²) in [7, 11) is 0. The Bertz CT molecular complexity index is 708. The van der Waals surface area contributed by atoms with Crippen LogP contribution in [0.15, 0.2) is 16.9 Å². The molecule has 1 aliphatic rings. The van der Waals surface area contributed by atoms with Gasteiger partial charge >= 0.3 is 0 Å². The zero-order chi connectivity index (χ0) is 17.1. The first kappa shape index (κ1) is 16.6. The van der Waals surface area contributed by atoms with Crippen molar-refractivity contribution in [2.45, 2.75) is 33.1 Å². The molecule has 0 saturated carbocycles. The molecule has 0 spiro atoms. The van der Waals surface area contributed by atoms with Gasteiger partial charge in [-0.15, -0.1) is 0 Å². The summed E-state index contributed by atoms with van der Waals surface area (Å²) in [6.07, 6.45) is 4.52. The van der Waals surface area contributed by atoms with E-state index in [1.54, 1.807) is 6.33 Å². The second kappa shape index (κ2) is 7.09. The van der Waals surface area contributed by atoms with Crippen molar-refractivity contribution < 1.29 is 9.32 Å². The van der Waals surface area contributed by atoms with Crippen molar-refractivity contribution in [2.24, 2.45) is 11.7 Å². The summed E-state index contributed by atoms with van der Waals surface area (Å²) >= 11 is 0. The molecule has 2 aromatic rings. The van der Waals surface area contributed by atoms with Crippen molar-refractivity contribution in [3.8, 4) is 11.3 Å². The molecular weight excluding hydrogens is 306 g/mol. The Balaban J connectivity index is 1.74. The molecule has 7 heteroatoms. The second-order valence-corrected chi connectivity index (χ2v) is 6.35. The number of nitrogens with two attached hydrogens (primary N) is 1. The predicted octanol–water partition coefficient (Wildman–Crippen LogP) is 1.49. The van der Waals surface area contributed by atoms with Gasteiger partial charge in [0.15, 0.2) is 0 Å². The Morgan fingerprint density at radius 1 is 1.42 bits per heavy atom. The zero-order valence-electron chi connectivity index (χ0n) is 14.2. The van der Waals surface area contributed by atoms with Gasteiger partial charge in [-0.2, -0.15) is 0 Å². The predicted molar refractivity (Wildman–Crippen MR) is 89.1 cm³/mol. The van der Waals surface area contributed by atoms with Crippen LogP contribution in [-0.4, -0.2) is 45.6 Å². The van der Waals surface area contributed by atoms with Crippen LogP contribution in [0.2, 0.25) is 0 Å². The van der Waals surface area contributed by atoms with E-state index in [2.05, 4.69) is 15.1 Å². The minimum atomic E-state index is 0.0267. The van der Waals surface area contributed by atoms with E-state index in [1.165, 1.54) is 0 Å². The third-order valence-corrected chi connectivity index (χ3v) is 4.56. The number of piperidine rings is 1. The molecule has 1 saturated heterocycles. The van der Waals surface area contributed by atoms with Crippen molar-refractivity contribution >= 4 is 5.91 Å². The number of carbonyl (C=O) groups excluding carboxylic acids is 1. The molecule has 1 fully saturated rings. The van der Waals surface area contributed by atoms with Crippen LogP contribution in [0, 0.1) is 19.8 Å². The van der Waals surface area contributed by atoms with Crippen molar-refractivity contribution in [3.63, 3.8) is 0 Å². The van der Waals surface area contributed by atoms with Crippen molar-refractivity contribution in [3.05, 3.63) is 29.5 Å². The van der Waals surface area contributed by atoms with Gasteiger partial charge in [-0.25, -0.2) is 9.97 Å². The fourth-order valence-corrected chi connectivity index (χ4v) is 3.38. The minimum absolute atomic E-state index is 0.0267. The smallest absolute Gasteiger partial charge is 0.236 e. The Kier molecular flexibility index (Phi) is 4.89. The van der Waals surface area contributed by atoms with Gasteiger partial charge in [0.2, 0.25) is 5.91 Å². The molecule has 1 aliphatic heterocycles. The first-order chi connectivity index (χ1) is 11.6. The molecule has 128 valence electrons. The van der Waals surface area contributed by atoms with E-state index in [-0.39, 0.29) is 12.5 Å². The first-order valence-electron chi connectivity index (χ1n) is 8.30. The standard InChI is InChI=1S/C17H23N5O2/c1-11-17(12(2)24-21-11)15-7-14(19-10-20-15)6-13-4-3-5-22(9-13)16(23)8-18/h7,10,13H,3-6,8-9,18H2,1-2H3/t13-/m1/s1. The van der Waals surface area contributed by atoms with Gasteiger partial charge in [-0.05, 0) is 45.1 Å². The van der Waals surface area contributed by atoms with Gasteiger partial charge in [0.05, 0.1) is 23.5 Å². The summed E-state index contributed by atoms with van der Waals surface area (Å²) in [4.78, 5) is 22.4. The first-order valence-corrected chi connectivity index (χ1v) is 8.30. The Hall–Kier alpha value is -2.28. The van der Waals surface area contributed by atoms with Gasteiger partial charge in [-0.3, -0.25) is 4.79 Å². The highest BCUT2D eigenvalue weighted by molar-refractivity contribution is 5.78. The monoisotopic (exact) mass is 329 g/mol. The fraction of sp³-hybridized carbons (Fsp3) is 0.529. The van der Waals surface area contributed by atoms with Gasteiger partial charge < -0.3 is 15.2 Å². The summed E-state index contributed by atoms with van der Waals surface area (Å²) in [5, 5.41) is 3.99. The summed E-state index contributed by atoms with van der Waals surface area (Å²) in [5.74, 6) is 1.19. The van der Waals surface area contributed by atoms with Crippen LogP contribution in [0.4, 0.5) is 0 Å². The lowest BCUT2D eigenvalue weighted by Gasteiger charge is -2.32. The van der Waals surface area contributed by atoms with Crippen LogP contribution in [0.3, 0.4) is 0 Å². The number of aryl methyl sites for hydroxylation is 2. The summed E-state index contributed by atoms with van der Waals surface area (Å²) in [5.41, 5.74) is 9.05. The Morgan fingerprint density at radius 3 is 2.96 bits per heavy atom. The van der Waals surface area contributed by atoms with E-state index in [1.807, 2.05) is 24.8 Å². The van der Waals surface area contributed by atoms with E-state index < -0.39 is 0 Å². The molecule has 3 rings (SSSR count). The molecule has 0 aromatic carbocycles. The molecule has 3 heterocycles. The lowest BCUT2D eigenvalue weighted by molar-refractivity contribution is -0.131. The average Bonchev–Trinajstić information content (AvgIpc) is 2.93. The molecule has 0 unspecified atom stereocenters. The van der Waals surface area contributed by atoms with Gasteiger partial charge in [0, 0.05) is 18.8 Å². The number of aromatic nitrogens is 3. The molecule has 0 bridgehead atoms. The lowest BCUT2D eigenvalue weighted by Crippen LogP contribution is -2.43. The van der Waals surface area contributed by atoms with E-state index in [0.717, 1.165) is 60.8 Å². The van der Waals surface area contributed by atoms with Crippen LogP contribution in [0.25, 0.3) is 11.3 Å². The van der Waals surface area contributed by atoms with Crippen LogP contribution < -0.4 is 5.73 Å². The van der Waals surface area contributed by atoms with Crippen LogP contribution in [0.5, 0.6) is 0 Å².